The zero-order valence-electron chi connectivity index (χ0n) is 15.6. The molecule has 0 spiro atoms. The highest BCUT2D eigenvalue weighted by molar-refractivity contribution is 5.79. The summed E-state index contributed by atoms with van der Waals surface area (Å²) < 4.78 is 19.8. The molecule has 1 fully saturated rings. The van der Waals surface area contributed by atoms with Crippen LogP contribution in [0.3, 0.4) is 0 Å². The van der Waals surface area contributed by atoms with Gasteiger partial charge in [-0.1, -0.05) is 12.1 Å². The molecular formula is C20H20FN5O3. The summed E-state index contributed by atoms with van der Waals surface area (Å²) in [5.74, 6) is -0.736. The Balaban J connectivity index is 1.29. The first kappa shape index (κ1) is 19.0. The lowest BCUT2D eigenvalue weighted by atomic mass is 9.93. The molecule has 9 heteroatoms. The third-order valence-electron chi connectivity index (χ3n) is 4.95. The van der Waals surface area contributed by atoms with E-state index in [9.17, 15) is 14.0 Å². The molecule has 29 heavy (non-hydrogen) atoms. The fourth-order valence-corrected chi connectivity index (χ4v) is 3.48. The van der Waals surface area contributed by atoms with Gasteiger partial charge in [0, 0.05) is 6.04 Å². The number of aromatic nitrogens is 4. The molecule has 1 aliphatic rings. The highest BCUT2D eigenvalue weighted by Crippen LogP contribution is 2.22. The van der Waals surface area contributed by atoms with Crippen LogP contribution in [0, 0.1) is 5.82 Å². The number of ether oxygens (including phenoxy) is 1. The fourth-order valence-electron chi connectivity index (χ4n) is 3.48. The molecule has 0 radical (unpaired) electrons. The summed E-state index contributed by atoms with van der Waals surface area (Å²) in [7, 11) is 0. The number of hydrogen-bond donors (Lipinski definition) is 1. The Morgan fingerprint density at radius 1 is 1.14 bits per heavy atom. The van der Waals surface area contributed by atoms with Crippen LogP contribution in [-0.4, -0.2) is 37.6 Å². The van der Waals surface area contributed by atoms with E-state index in [1.165, 1.54) is 10.9 Å². The van der Waals surface area contributed by atoms with E-state index in [-0.39, 0.29) is 36.2 Å². The summed E-state index contributed by atoms with van der Waals surface area (Å²) in [6.07, 6.45) is 6.39. The maximum atomic E-state index is 12.9. The number of fused-ring (bicyclic) bond motifs is 1. The number of halogens is 1. The molecule has 1 aliphatic carbocycles. The molecule has 2 aromatic heterocycles. The minimum absolute atomic E-state index is 0.0144. The Hall–Kier alpha value is -3.36. The molecule has 4 rings (SSSR count). The average Bonchev–Trinajstić information content (AvgIpc) is 2.73. The molecule has 8 nitrogen and oxygen atoms in total. The molecule has 0 bridgehead atoms. The number of benzene rings is 1. The highest BCUT2D eigenvalue weighted by Gasteiger charge is 2.24. The van der Waals surface area contributed by atoms with Gasteiger partial charge < -0.3 is 10.1 Å². The lowest BCUT2D eigenvalue weighted by Crippen LogP contribution is -2.42. The zero-order valence-corrected chi connectivity index (χ0v) is 15.6. The van der Waals surface area contributed by atoms with Gasteiger partial charge in [0.1, 0.15) is 12.6 Å². The Labute approximate surface area is 165 Å². The number of rotatable bonds is 5. The standard InChI is InChI=1S/C20H20FN5O3/c21-13-9-22-20(23-10-13)29-15-7-5-14(6-8-15)25-18(27)11-26-12-24-17-4-2-1-3-16(17)19(26)28/h1-4,9-10,12,14-15H,5-8,11H2,(H,25,27). The maximum absolute atomic E-state index is 12.9. The van der Waals surface area contributed by atoms with E-state index in [0.717, 1.165) is 38.1 Å². The number of para-hydroxylation sites is 1. The van der Waals surface area contributed by atoms with Gasteiger partial charge in [-0.3, -0.25) is 14.2 Å². The minimum atomic E-state index is -0.510. The Morgan fingerprint density at radius 3 is 2.62 bits per heavy atom. The molecule has 1 aromatic carbocycles. The lowest BCUT2D eigenvalue weighted by Gasteiger charge is -2.28. The minimum Gasteiger partial charge on any atom is -0.460 e. The molecule has 1 N–H and O–H groups in total. The predicted molar refractivity (Wildman–Crippen MR) is 103 cm³/mol. The van der Waals surface area contributed by atoms with Crippen molar-refractivity contribution in [3.8, 4) is 6.01 Å². The molecule has 2 heterocycles. The number of carbonyl (C=O) groups excluding carboxylic acids is 1. The Morgan fingerprint density at radius 2 is 1.86 bits per heavy atom. The number of hydrogen-bond acceptors (Lipinski definition) is 6. The van der Waals surface area contributed by atoms with E-state index in [1.807, 2.05) is 6.07 Å². The van der Waals surface area contributed by atoms with Gasteiger partial charge in [0.05, 0.1) is 29.6 Å². The number of nitrogens with one attached hydrogen (secondary N) is 1. The van der Waals surface area contributed by atoms with E-state index < -0.39 is 5.82 Å². The Bertz CT molecular complexity index is 1060. The van der Waals surface area contributed by atoms with E-state index in [1.54, 1.807) is 18.2 Å². The van der Waals surface area contributed by atoms with Crippen molar-refractivity contribution >= 4 is 16.8 Å². The zero-order chi connectivity index (χ0) is 20.2. The van der Waals surface area contributed by atoms with E-state index in [4.69, 9.17) is 4.74 Å². The molecule has 3 aromatic rings. The van der Waals surface area contributed by atoms with E-state index in [2.05, 4.69) is 20.3 Å². The first-order chi connectivity index (χ1) is 14.1. The molecule has 0 atom stereocenters. The highest BCUT2D eigenvalue weighted by atomic mass is 19.1. The molecule has 1 amide bonds. The van der Waals surface area contributed by atoms with Crippen LogP contribution in [0.5, 0.6) is 6.01 Å². The van der Waals surface area contributed by atoms with Crippen LogP contribution in [0.2, 0.25) is 0 Å². The van der Waals surface area contributed by atoms with Gasteiger partial charge in [-0.05, 0) is 37.8 Å². The van der Waals surface area contributed by atoms with Crippen LogP contribution >= 0.6 is 0 Å². The third-order valence-corrected chi connectivity index (χ3v) is 4.95. The van der Waals surface area contributed by atoms with Crippen molar-refractivity contribution in [3.05, 3.63) is 59.2 Å². The van der Waals surface area contributed by atoms with E-state index in [0.29, 0.717) is 10.9 Å². The summed E-state index contributed by atoms with van der Waals surface area (Å²) in [5, 5.41) is 3.46. The van der Waals surface area contributed by atoms with Gasteiger partial charge in [0.15, 0.2) is 5.82 Å². The van der Waals surface area contributed by atoms with Crippen molar-refractivity contribution in [2.24, 2.45) is 0 Å². The van der Waals surface area contributed by atoms with Crippen molar-refractivity contribution in [2.45, 2.75) is 44.4 Å². The van der Waals surface area contributed by atoms with Gasteiger partial charge >= 0.3 is 6.01 Å². The van der Waals surface area contributed by atoms with Crippen LogP contribution in [0.25, 0.3) is 10.9 Å². The molecule has 0 unspecified atom stereocenters. The topological polar surface area (TPSA) is 99.0 Å². The summed E-state index contributed by atoms with van der Waals surface area (Å²) in [6.45, 7) is -0.0729. The monoisotopic (exact) mass is 397 g/mol. The fraction of sp³-hybridized carbons (Fsp3) is 0.350. The molecule has 0 saturated heterocycles. The van der Waals surface area contributed by atoms with Gasteiger partial charge in [-0.2, -0.15) is 0 Å². The summed E-state index contributed by atoms with van der Waals surface area (Å²) in [5.41, 5.74) is 0.375. The molecular weight excluding hydrogens is 377 g/mol. The average molecular weight is 397 g/mol. The molecule has 0 aliphatic heterocycles. The van der Waals surface area contributed by atoms with Crippen LogP contribution in [0.15, 0.2) is 47.8 Å². The first-order valence-corrected chi connectivity index (χ1v) is 9.46. The van der Waals surface area contributed by atoms with Gasteiger partial charge in [0.2, 0.25) is 5.91 Å². The number of amides is 1. The second kappa shape index (κ2) is 8.34. The SMILES string of the molecule is O=C(Cn1cnc2ccccc2c1=O)NC1CCC(Oc2ncc(F)cn2)CC1. The van der Waals surface area contributed by atoms with Crippen molar-refractivity contribution < 1.29 is 13.9 Å². The summed E-state index contributed by atoms with van der Waals surface area (Å²) in [4.78, 5) is 36.7. The Kier molecular flexibility index (Phi) is 5.46. The lowest BCUT2D eigenvalue weighted by molar-refractivity contribution is -0.122. The predicted octanol–water partition coefficient (Wildman–Crippen LogP) is 1.83. The first-order valence-electron chi connectivity index (χ1n) is 9.46. The largest absolute Gasteiger partial charge is 0.460 e. The maximum Gasteiger partial charge on any atom is 0.316 e. The van der Waals surface area contributed by atoms with Gasteiger partial charge in [0.25, 0.3) is 5.56 Å². The summed E-state index contributed by atoms with van der Waals surface area (Å²) in [6, 6.07) is 7.22. The summed E-state index contributed by atoms with van der Waals surface area (Å²) >= 11 is 0. The van der Waals surface area contributed by atoms with Crippen LogP contribution < -0.4 is 15.6 Å². The van der Waals surface area contributed by atoms with Gasteiger partial charge in [-0.15, -0.1) is 0 Å². The second-order valence-electron chi connectivity index (χ2n) is 7.04. The van der Waals surface area contributed by atoms with E-state index >= 15 is 0 Å². The smallest absolute Gasteiger partial charge is 0.316 e. The quantitative estimate of drug-likeness (QED) is 0.705. The van der Waals surface area contributed by atoms with Crippen molar-refractivity contribution in [3.63, 3.8) is 0 Å². The van der Waals surface area contributed by atoms with Gasteiger partial charge in [-0.25, -0.2) is 19.3 Å². The number of carbonyl (C=O) groups is 1. The van der Waals surface area contributed by atoms with Crippen LogP contribution in [0.4, 0.5) is 4.39 Å². The molecule has 1 saturated carbocycles. The van der Waals surface area contributed by atoms with Crippen molar-refractivity contribution in [2.75, 3.05) is 0 Å². The van der Waals surface area contributed by atoms with Crippen molar-refractivity contribution in [1.82, 2.24) is 24.8 Å². The number of nitrogens with zero attached hydrogens (tertiary/aromatic N) is 4. The third kappa shape index (κ3) is 4.56. The normalized spacial score (nSPS) is 19.1. The second-order valence-corrected chi connectivity index (χ2v) is 7.04. The van der Waals surface area contributed by atoms with Crippen LogP contribution in [0.1, 0.15) is 25.7 Å². The van der Waals surface area contributed by atoms with Crippen LogP contribution in [-0.2, 0) is 11.3 Å². The van der Waals surface area contributed by atoms with Crippen molar-refractivity contribution in [1.29, 1.82) is 0 Å². The molecule has 150 valence electrons.